The van der Waals surface area contributed by atoms with E-state index in [1.54, 1.807) is 18.4 Å². The predicted molar refractivity (Wildman–Crippen MR) is 89.7 cm³/mol. The van der Waals surface area contributed by atoms with Crippen LogP contribution >= 0.6 is 22.9 Å². The van der Waals surface area contributed by atoms with Gasteiger partial charge in [-0.2, -0.15) is 0 Å². The number of ether oxygens (including phenoxy) is 1. The number of aromatic nitrogens is 1. The van der Waals surface area contributed by atoms with Crippen LogP contribution in [0.3, 0.4) is 0 Å². The molecule has 1 aromatic heterocycles. The van der Waals surface area contributed by atoms with Gasteiger partial charge in [0.05, 0.1) is 22.3 Å². The monoisotopic (exact) mass is 318 g/mol. The first-order valence-electron chi connectivity index (χ1n) is 6.59. The minimum Gasteiger partial charge on any atom is -0.496 e. The Balaban J connectivity index is 1.81. The van der Waals surface area contributed by atoms with Crippen molar-refractivity contribution in [3.8, 4) is 5.75 Å². The van der Waals surface area contributed by atoms with Crippen molar-refractivity contribution in [3.05, 3.63) is 52.0 Å². The van der Waals surface area contributed by atoms with Crippen LogP contribution in [0.15, 0.2) is 36.4 Å². The van der Waals surface area contributed by atoms with E-state index in [1.165, 1.54) is 4.70 Å². The first-order valence-corrected chi connectivity index (χ1v) is 7.78. The number of rotatable bonds is 4. The second kappa shape index (κ2) is 5.92. The van der Waals surface area contributed by atoms with E-state index in [0.717, 1.165) is 27.5 Å². The third-order valence-electron chi connectivity index (χ3n) is 3.22. The van der Waals surface area contributed by atoms with Crippen molar-refractivity contribution in [1.29, 1.82) is 0 Å². The number of hydrogen-bond acceptors (Lipinski definition) is 4. The van der Waals surface area contributed by atoms with E-state index in [9.17, 15) is 0 Å². The maximum atomic E-state index is 6.05. The van der Waals surface area contributed by atoms with E-state index in [-0.39, 0.29) is 0 Å². The van der Waals surface area contributed by atoms with Gasteiger partial charge in [0.25, 0.3) is 0 Å². The topological polar surface area (TPSA) is 34.1 Å². The maximum absolute atomic E-state index is 6.05. The Morgan fingerprint density at radius 3 is 2.90 bits per heavy atom. The highest BCUT2D eigenvalue weighted by Crippen LogP contribution is 2.27. The average Bonchev–Trinajstić information content (AvgIpc) is 2.84. The lowest BCUT2D eigenvalue weighted by Gasteiger charge is -2.11. The Bertz CT molecular complexity index is 785. The van der Waals surface area contributed by atoms with E-state index in [4.69, 9.17) is 16.3 Å². The number of thiazole rings is 1. The minimum absolute atomic E-state index is 0.660. The van der Waals surface area contributed by atoms with Gasteiger partial charge in [-0.15, -0.1) is 11.3 Å². The molecule has 3 nitrogen and oxygen atoms in total. The third-order valence-corrected chi connectivity index (χ3v) is 4.39. The van der Waals surface area contributed by atoms with Crippen LogP contribution in [-0.2, 0) is 6.54 Å². The van der Waals surface area contributed by atoms with Crippen molar-refractivity contribution in [2.45, 2.75) is 13.5 Å². The van der Waals surface area contributed by atoms with Gasteiger partial charge >= 0.3 is 0 Å². The van der Waals surface area contributed by atoms with E-state index < -0.39 is 0 Å². The van der Waals surface area contributed by atoms with Crippen molar-refractivity contribution in [2.75, 3.05) is 12.4 Å². The Labute approximate surface area is 132 Å². The number of halogens is 1. The van der Waals surface area contributed by atoms with Gasteiger partial charge in [0.15, 0.2) is 0 Å². The molecule has 1 N–H and O–H groups in total. The van der Waals surface area contributed by atoms with Gasteiger partial charge in [-0.1, -0.05) is 11.6 Å². The standard InChI is InChI=1S/C16H15ClN2OS/c1-10-19-14-5-4-13(8-16(14)21-10)18-9-11-7-12(17)3-6-15(11)20-2/h3-8,18H,9H2,1-2H3. The number of fused-ring (bicyclic) bond motifs is 1. The van der Waals surface area contributed by atoms with Crippen LogP contribution in [-0.4, -0.2) is 12.1 Å². The second-order valence-corrected chi connectivity index (χ2v) is 6.40. The van der Waals surface area contributed by atoms with Crippen molar-refractivity contribution in [3.63, 3.8) is 0 Å². The molecule has 1 heterocycles. The molecule has 0 spiro atoms. The van der Waals surface area contributed by atoms with Crippen molar-refractivity contribution < 1.29 is 4.74 Å². The van der Waals surface area contributed by atoms with Gasteiger partial charge < -0.3 is 10.1 Å². The third kappa shape index (κ3) is 3.12. The lowest BCUT2D eigenvalue weighted by atomic mass is 10.2. The Morgan fingerprint density at radius 1 is 1.24 bits per heavy atom. The molecule has 0 saturated heterocycles. The zero-order valence-corrected chi connectivity index (χ0v) is 13.4. The lowest BCUT2D eigenvalue weighted by Crippen LogP contribution is -2.01. The number of nitrogens with zero attached hydrogens (tertiary/aromatic N) is 1. The van der Waals surface area contributed by atoms with Crippen LogP contribution in [0.5, 0.6) is 5.75 Å². The molecule has 0 radical (unpaired) electrons. The zero-order valence-electron chi connectivity index (χ0n) is 11.8. The van der Waals surface area contributed by atoms with Crippen LogP contribution in [0, 0.1) is 6.92 Å². The van der Waals surface area contributed by atoms with Gasteiger partial charge in [-0.3, -0.25) is 0 Å². The first-order chi connectivity index (χ1) is 10.2. The molecule has 3 rings (SSSR count). The molecular weight excluding hydrogens is 304 g/mol. The zero-order chi connectivity index (χ0) is 14.8. The summed E-state index contributed by atoms with van der Waals surface area (Å²) in [6.07, 6.45) is 0. The second-order valence-electron chi connectivity index (χ2n) is 4.73. The highest BCUT2D eigenvalue weighted by atomic mass is 35.5. The highest BCUT2D eigenvalue weighted by molar-refractivity contribution is 7.18. The summed E-state index contributed by atoms with van der Waals surface area (Å²) in [5.41, 5.74) is 3.14. The van der Waals surface area contributed by atoms with Crippen LogP contribution in [0.1, 0.15) is 10.6 Å². The van der Waals surface area contributed by atoms with Gasteiger partial charge in [0.1, 0.15) is 5.75 Å². The molecule has 0 bridgehead atoms. The SMILES string of the molecule is COc1ccc(Cl)cc1CNc1ccc2nc(C)sc2c1. The van der Waals surface area contributed by atoms with Crippen LogP contribution in [0.25, 0.3) is 10.2 Å². The molecule has 3 aromatic rings. The molecule has 2 aromatic carbocycles. The van der Waals surface area contributed by atoms with E-state index in [2.05, 4.69) is 16.4 Å². The molecular formula is C16H15ClN2OS. The molecule has 0 aliphatic carbocycles. The fraction of sp³-hybridized carbons (Fsp3) is 0.188. The van der Waals surface area contributed by atoms with Crippen molar-refractivity contribution >= 4 is 38.8 Å². The Morgan fingerprint density at radius 2 is 2.10 bits per heavy atom. The minimum atomic E-state index is 0.660. The van der Waals surface area contributed by atoms with Crippen molar-refractivity contribution in [1.82, 2.24) is 4.98 Å². The first kappa shape index (κ1) is 14.2. The number of anilines is 1. The average molecular weight is 319 g/mol. The van der Waals surface area contributed by atoms with E-state index in [0.29, 0.717) is 11.6 Å². The number of benzene rings is 2. The van der Waals surface area contributed by atoms with Crippen LogP contribution in [0.4, 0.5) is 5.69 Å². The summed E-state index contributed by atoms with van der Waals surface area (Å²) in [5, 5.41) is 5.20. The van der Waals surface area contributed by atoms with E-state index in [1.807, 2.05) is 37.3 Å². The van der Waals surface area contributed by atoms with Gasteiger partial charge in [0.2, 0.25) is 0 Å². The molecule has 108 valence electrons. The quantitative estimate of drug-likeness (QED) is 0.744. The summed E-state index contributed by atoms with van der Waals surface area (Å²) >= 11 is 7.75. The molecule has 0 saturated carbocycles. The highest BCUT2D eigenvalue weighted by Gasteiger charge is 2.05. The molecule has 0 amide bonds. The fourth-order valence-corrected chi connectivity index (χ4v) is 3.29. The van der Waals surface area contributed by atoms with Crippen molar-refractivity contribution in [2.24, 2.45) is 0 Å². The summed E-state index contributed by atoms with van der Waals surface area (Å²) < 4.78 is 6.55. The largest absolute Gasteiger partial charge is 0.496 e. The molecule has 0 fully saturated rings. The molecule has 0 aliphatic rings. The van der Waals surface area contributed by atoms with Crippen LogP contribution < -0.4 is 10.1 Å². The maximum Gasteiger partial charge on any atom is 0.123 e. The molecule has 0 atom stereocenters. The molecule has 21 heavy (non-hydrogen) atoms. The number of aryl methyl sites for hydroxylation is 1. The number of nitrogens with one attached hydrogen (secondary N) is 1. The summed E-state index contributed by atoms with van der Waals surface area (Å²) in [6, 6.07) is 11.8. The lowest BCUT2D eigenvalue weighted by molar-refractivity contribution is 0.410. The molecule has 0 unspecified atom stereocenters. The van der Waals surface area contributed by atoms with Crippen LogP contribution in [0.2, 0.25) is 5.02 Å². The summed E-state index contributed by atoms with van der Waals surface area (Å²) in [6.45, 7) is 2.68. The smallest absolute Gasteiger partial charge is 0.123 e. The predicted octanol–water partition coefficient (Wildman–Crippen LogP) is 4.88. The van der Waals surface area contributed by atoms with Gasteiger partial charge in [-0.05, 0) is 43.3 Å². The van der Waals surface area contributed by atoms with Gasteiger partial charge in [-0.25, -0.2) is 4.98 Å². The number of hydrogen-bond donors (Lipinski definition) is 1. The van der Waals surface area contributed by atoms with E-state index >= 15 is 0 Å². The molecule has 5 heteroatoms. The Kier molecular flexibility index (Phi) is 3.99. The summed E-state index contributed by atoms with van der Waals surface area (Å²) in [4.78, 5) is 4.46. The fourth-order valence-electron chi connectivity index (χ4n) is 2.23. The summed E-state index contributed by atoms with van der Waals surface area (Å²) in [7, 11) is 1.67. The number of methoxy groups -OCH3 is 1. The Hall–Kier alpha value is -1.78. The van der Waals surface area contributed by atoms with Gasteiger partial charge in [0, 0.05) is 22.8 Å². The summed E-state index contributed by atoms with van der Waals surface area (Å²) in [5.74, 6) is 0.835. The normalized spacial score (nSPS) is 10.8. The molecule has 0 aliphatic heterocycles.